The minimum absolute atomic E-state index is 0.0184. The molecule has 2 aromatic rings. The van der Waals surface area contributed by atoms with E-state index >= 15 is 0 Å². The van der Waals surface area contributed by atoms with E-state index in [1.807, 2.05) is 29.5 Å². The number of ether oxygens (including phenoxy) is 1. The van der Waals surface area contributed by atoms with Crippen LogP contribution >= 0.6 is 11.3 Å². The van der Waals surface area contributed by atoms with Crippen LogP contribution in [-0.4, -0.2) is 66.2 Å². The van der Waals surface area contributed by atoms with Crippen molar-refractivity contribution in [2.75, 3.05) is 20.1 Å². The van der Waals surface area contributed by atoms with Crippen molar-refractivity contribution in [3.8, 4) is 5.75 Å². The molecular formula is C24H29F3N4O3S. The first-order valence-electron chi connectivity index (χ1n) is 11.6. The van der Waals surface area contributed by atoms with E-state index in [9.17, 15) is 22.8 Å². The van der Waals surface area contributed by atoms with Crippen molar-refractivity contribution in [1.29, 1.82) is 0 Å². The zero-order chi connectivity index (χ0) is 25.0. The zero-order valence-corrected chi connectivity index (χ0v) is 20.2. The van der Waals surface area contributed by atoms with Gasteiger partial charge in [0.1, 0.15) is 11.8 Å². The van der Waals surface area contributed by atoms with Crippen molar-refractivity contribution in [3.63, 3.8) is 0 Å². The van der Waals surface area contributed by atoms with Gasteiger partial charge in [0.2, 0.25) is 11.8 Å². The highest BCUT2D eigenvalue weighted by atomic mass is 32.1. The first-order valence-corrected chi connectivity index (χ1v) is 12.4. The van der Waals surface area contributed by atoms with E-state index < -0.39 is 12.4 Å². The van der Waals surface area contributed by atoms with Gasteiger partial charge in [-0.15, -0.1) is 24.5 Å². The molecule has 0 radical (unpaired) electrons. The first-order chi connectivity index (χ1) is 16.7. The van der Waals surface area contributed by atoms with Crippen LogP contribution in [-0.2, 0) is 22.7 Å². The van der Waals surface area contributed by atoms with Gasteiger partial charge >= 0.3 is 6.36 Å². The minimum atomic E-state index is -4.75. The summed E-state index contributed by atoms with van der Waals surface area (Å²) in [5.74, 6) is -0.384. The Hall–Kier alpha value is -2.63. The van der Waals surface area contributed by atoms with Crippen molar-refractivity contribution in [2.45, 2.75) is 56.8 Å². The number of carbonyl (C=O) groups excluding carboxylic acids is 2. The third-order valence-corrected chi connectivity index (χ3v) is 7.49. The molecule has 1 aromatic heterocycles. The molecule has 11 heteroatoms. The Labute approximate surface area is 206 Å². The number of likely N-dealkylation sites (tertiary alicyclic amines) is 1. The molecule has 4 rings (SSSR count). The lowest BCUT2D eigenvalue weighted by Gasteiger charge is -2.33. The Bertz CT molecular complexity index is 1020. The summed E-state index contributed by atoms with van der Waals surface area (Å²) in [4.78, 5) is 30.6. The average Bonchev–Trinajstić information content (AvgIpc) is 3.44. The largest absolute Gasteiger partial charge is 0.573 e. The molecule has 0 spiro atoms. The van der Waals surface area contributed by atoms with E-state index in [4.69, 9.17) is 0 Å². The lowest BCUT2D eigenvalue weighted by Crippen LogP contribution is -2.49. The maximum absolute atomic E-state index is 13.0. The third-order valence-electron chi connectivity index (χ3n) is 6.61. The van der Waals surface area contributed by atoms with Gasteiger partial charge in [-0.2, -0.15) is 0 Å². The summed E-state index contributed by atoms with van der Waals surface area (Å²) >= 11 is 1.60. The Morgan fingerprint density at radius 2 is 2.11 bits per heavy atom. The van der Waals surface area contributed by atoms with Crippen molar-refractivity contribution < 1.29 is 27.5 Å². The summed E-state index contributed by atoms with van der Waals surface area (Å²) < 4.78 is 41.8. The summed E-state index contributed by atoms with van der Waals surface area (Å²) in [5, 5.41) is 7.92. The highest BCUT2D eigenvalue weighted by Crippen LogP contribution is 2.30. The van der Waals surface area contributed by atoms with Gasteiger partial charge in [-0.05, 0) is 49.0 Å². The van der Waals surface area contributed by atoms with Crippen molar-refractivity contribution in [1.82, 2.24) is 20.4 Å². The van der Waals surface area contributed by atoms with E-state index in [-0.39, 0.29) is 29.6 Å². The summed E-state index contributed by atoms with van der Waals surface area (Å²) in [6.45, 7) is 1.95. The SMILES string of the molecule is CN1C(CCC(=O)NCc2cccs2)CNC(=O)C2C1CCN2Cc1cccc(OC(F)(F)F)c1. The molecule has 2 aliphatic rings. The fourth-order valence-corrected chi connectivity index (χ4v) is 5.53. The summed E-state index contributed by atoms with van der Waals surface area (Å²) in [6, 6.07) is 9.36. The second-order valence-corrected chi connectivity index (χ2v) is 9.96. The molecular weight excluding hydrogens is 481 g/mol. The number of hydrogen-bond acceptors (Lipinski definition) is 6. The van der Waals surface area contributed by atoms with Gasteiger partial charge in [0.15, 0.2) is 0 Å². The molecule has 0 saturated carbocycles. The van der Waals surface area contributed by atoms with Crippen LogP contribution in [0.15, 0.2) is 41.8 Å². The predicted molar refractivity (Wildman–Crippen MR) is 126 cm³/mol. The van der Waals surface area contributed by atoms with E-state index in [0.717, 1.165) is 11.3 Å². The second-order valence-electron chi connectivity index (χ2n) is 8.93. The highest BCUT2D eigenvalue weighted by Gasteiger charge is 2.45. The molecule has 2 N–H and O–H groups in total. The maximum atomic E-state index is 13.0. The molecule has 2 amide bonds. The molecule has 3 heterocycles. The van der Waals surface area contributed by atoms with Crippen LogP contribution in [0.3, 0.4) is 0 Å². The number of fused-ring (bicyclic) bond motifs is 1. The summed E-state index contributed by atoms with van der Waals surface area (Å²) in [6.07, 6.45) is -3.01. The molecule has 3 unspecified atom stereocenters. The number of likely N-dealkylation sites (N-methyl/N-ethyl adjacent to an activating group) is 1. The molecule has 2 aliphatic heterocycles. The van der Waals surface area contributed by atoms with Gasteiger partial charge in [0, 0.05) is 43.0 Å². The monoisotopic (exact) mass is 510 g/mol. The van der Waals surface area contributed by atoms with Gasteiger partial charge in [0.05, 0.1) is 6.54 Å². The smallest absolute Gasteiger partial charge is 0.406 e. The van der Waals surface area contributed by atoms with Gasteiger partial charge in [-0.25, -0.2) is 0 Å². The number of alkyl halides is 3. The Morgan fingerprint density at radius 3 is 2.86 bits per heavy atom. The molecule has 190 valence electrons. The fraction of sp³-hybridized carbons (Fsp3) is 0.500. The molecule has 3 atom stereocenters. The first kappa shape index (κ1) is 25.5. The van der Waals surface area contributed by atoms with Crippen molar-refractivity contribution >= 4 is 23.2 Å². The Balaban J connectivity index is 1.34. The number of amides is 2. The highest BCUT2D eigenvalue weighted by molar-refractivity contribution is 7.09. The molecule has 7 nitrogen and oxygen atoms in total. The van der Waals surface area contributed by atoms with Gasteiger partial charge in [-0.3, -0.25) is 19.4 Å². The van der Waals surface area contributed by atoms with Gasteiger partial charge in [0.25, 0.3) is 0 Å². The second kappa shape index (κ2) is 11.0. The number of carbonyl (C=O) groups is 2. The summed E-state index contributed by atoms with van der Waals surface area (Å²) in [7, 11) is 1.98. The topological polar surface area (TPSA) is 73.9 Å². The van der Waals surface area contributed by atoms with E-state index in [0.29, 0.717) is 44.6 Å². The zero-order valence-electron chi connectivity index (χ0n) is 19.4. The Kier molecular flexibility index (Phi) is 7.98. The quantitative estimate of drug-likeness (QED) is 0.571. The van der Waals surface area contributed by atoms with Gasteiger partial charge < -0.3 is 15.4 Å². The number of thiophene rings is 1. The minimum Gasteiger partial charge on any atom is -0.406 e. The molecule has 1 aromatic carbocycles. The lowest BCUT2D eigenvalue weighted by molar-refractivity contribution is -0.274. The third kappa shape index (κ3) is 6.74. The average molecular weight is 511 g/mol. The Morgan fingerprint density at radius 1 is 1.29 bits per heavy atom. The molecule has 2 saturated heterocycles. The van der Waals surface area contributed by atoms with Crippen LogP contribution in [0.25, 0.3) is 0 Å². The standard InChI is InChI=1S/C24H29F3N4O3S/c1-30-17(7-8-21(32)28-14-19-6-3-11-35-19)13-29-23(33)22-20(30)9-10-31(22)15-16-4-2-5-18(12-16)34-24(25,26)27/h2-6,11-12,17,20,22H,7-10,13-15H2,1H3,(H,28,32)(H,29,33). The number of nitrogens with one attached hydrogen (secondary N) is 2. The lowest BCUT2D eigenvalue weighted by atomic mass is 10.0. The molecule has 35 heavy (non-hydrogen) atoms. The van der Waals surface area contributed by atoms with Crippen molar-refractivity contribution in [3.05, 3.63) is 52.2 Å². The number of benzene rings is 1. The fourth-order valence-electron chi connectivity index (χ4n) is 4.89. The van der Waals surface area contributed by atoms with Crippen LogP contribution < -0.4 is 15.4 Å². The van der Waals surface area contributed by atoms with Crippen LogP contribution in [0.1, 0.15) is 29.7 Å². The number of hydrogen-bond donors (Lipinski definition) is 2. The molecule has 0 aliphatic carbocycles. The normalized spacial score (nSPS) is 23.4. The van der Waals surface area contributed by atoms with Crippen LogP contribution in [0.2, 0.25) is 0 Å². The van der Waals surface area contributed by atoms with Crippen LogP contribution in [0.5, 0.6) is 5.75 Å². The maximum Gasteiger partial charge on any atom is 0.573 e. The number of halogens is 3. The van der Waals surface area contributed by atoms with E-state index in [1.165, 1.54) is 18.2 Å². The van der Waals surface area contributed by atoms with Gasteiger partial charge in [-0.1, -0.05) is 18.2 Å². The van der Waals surface area contributed by atoms with Crippen LogP contribution in [0, 0.1) is 0 Å². The number of nitrogens with zero attached hydrogens (tertiary/aromatic N) is 2. The van der Waals surface area contributed by atoms with E-state index in [2.05, 4.69) is 20.3 Å². The molecule has 2 fully saturated rings. The number of rotatable bonds is 8. The van der Waals surface area contributed by atoms with Crippen molar-refractivity contribution in [2.24, 2.45) is 0 Å². The predicted octanol–water partition coefficient (Wildman–Crippen LogP) is 3.12. The molecule has 0 bridgehead atoms. The van der Waals surface area contributed by atoms with Crippen LogP contribution in [0.4, 0.5) is 13.2 Å². The van der Waals surface area contributed by atoms with E-state index in [1.54, 1.807) is 17.4 Å². The summed E-state index contributed by atoms with van der Waals surface area (Å²) in [5.41, 5.74) is 0.645.